The minimum Gasteiger partial charge on any atom is -0.300 e. The third-order valence-electron chi connectivity index (χ3n) is 1.04. The third-order valence-corrected chi connectivity index (χ3v) is 1.97. The summed E-state index contributed by atoms with van der Waals surface area (Å²) in [7, 11) is 0. The molecule has 1 heterocycles. The van der Waals surface area contributed by atoms with Crippen LogP contribution in [0, 0.1) is 0 Å². The van der Waals surface area contributed by atoms with E-state index in [4.69, 9.17) is 11.6 Å². The SMILES string of the molecule is O=C(CC(=O)OF)Nc1nnc(Cl)s1. The summed E-state index contributed by atoms with van der Waals surface area (Å²) in [5.74, 6) is -2.03. The van der Waals surface area contributed by atoms with Crippen molar-refractivity contribution >= 4 is 39.9 Å². The van der Waals surface area contributed by atoms with Gasteiger partial charge in [-0.2, -0.15) is 0 Å². The molecule has 6 nitrogen and oxygen atoms in total. The highest BCUT2D eigenvalue weighted by Crippen LogP contribution is 2.19. The third kappa shape index (κ3) is 3.23. The number of halogens is 2. The monoisotopic (exact) mass is 239 g/mol. The zero-order valence-electron chi connectivity index (χ0n) is 6.49. The van der Waals surface area contributed by atoms with Gasteiger partial charge in [0.05, 0.1) is 0 Å². The summed E-state index contributed by atoms with van der Waals surface area (Å²) >= 11 is 6.33. The van der Waals surface area contributed by atoms with E-state index in [-0.39, 0.29) is 9.60 Å². The molecule has 9 heteroatoms. The number of nitrogens with one attached hydrogen (secondary N) is 1. The van der Waals surface area contributed by atoms with Crippen LogP contribution < -0.4 is 5.32 Å². The number of nitrogens with zero attached hydrogens (tertiary/aromatic N) is 2. The van der Waals surface area contributed by atoms with E-state index < -0.39 is 18.3 Å². The van der Waals surface area contributed by atoms with Crippen LogP contribution in [-0.2, 0) is 14.5 Å². The van der Waals surface area contributed by atoms with Gasteiger partial charge < -0.3 is 0 Å². The molecule has 0 saturated carbocycles. The maximum Gasteiger partial charge on any atom is 0.358 e. The number of carbonyl (C=O) groups is 2. The average Bonchev–Trinajstić information content (AvgIpc) is 2.50. The van der Waals surface area contributed by atoms with Gasteiger partial charge in [0.15, 0.2) is 0 Å². The highest BCUT2D eigenvalue weighted by molar-refractivity contribution is 7.19. The molecule has 1 rings (SSSR count). The highest BCUT2D eigenvalue weighted by atomic mass is 35.5. The van der Waals surface area contributed by atoms with E-state index in [0.29, 0.717) is 0 Å². The molecule has 0 aliphatic rings. The van der Waals surface area contributed by atoms with Crippen LogP contribution in [0.2, 0.25) is 4.47 Å². The Morgan fingerprint density at radius 1 is 1.57 bits per heavy atom. The van der Waals surface area contributed by atoms with Crippen LogP contribution in [0.15, 0.2) is 0 Å². The van der Waals surface area contributed by atoms with Gasteiger partial charge >= 0.3 is 5.97 Å². The van der Waals surface area contributed by atoms with Crippen LogP contribution in [0.5, 0.6) is 0 Å². The van der Waals surface area contributed by atoms with E-state index in [1.54, 1.807) is 0 Å². The zero-order chi connectivity index (χ0) is 10.6. The summed E-state index contributed by atoms with van der Waals surface area (Å²) in [5.41, 5.74) is 0. The predicted octanol–water partition coefficient (Wildman–Crippen LogP) is 0.948. The lowest BCUT2D eigenvalue weighted by atomic mass is 10.4. The van der Waals surface area contributed by atoms with Crippen LogP contribution in [-0.4, -0.2) is 22.1 Å². The Morgan fingerprint density at radius 3 is 2.79 bits per heavy atom. The van der Waals surface area contributed by atoms with Crippen molar-refractivity contribution in [3.05, 3.63) is 4.47 Å². The number of carbonyl (C=O) groups excluding carboxylic acids is 2. The number of anilines is 1. The molecular formula is C5H3ClFN3O3S. The second-order valence-electron chi connectivity index (χ2n) is 2.03. The molecule has 1 aromatic heterocycles. The van der Waals surface area contributed by atoms with Gasteiger partial charge in [-0.05, 0) is 11.6 Å². The summed E-state index contributed by atoms with van der Waals surface area (Å²) in [6, 6.07) is 0. The van der Waals surface area contributed by atoms with Crippen molar-refractivity contribution < 1.29 is 19.1 Å². The number of rotatable bonds is 3. The van der Waals surface area contributed by atoms with E-state index in [1.807, 2.05) is 0 Å². The second-order valence-corrected chi connectivity index (χ2v) is 3.59. The van der Waals surface area contributed by atoms with Crippen LogP contribution in [0.25, 0.3) is 0 Å². The summed E-state index contributed by atoms with van der Waals surface area (Å²) < 4.78 is 11.4. The van der Waals surface area contributed by atoms with Crippen molar-refractivity contribution in [1.29, 1.82) is 0 Å². The summed E-state index contributed by atoms with van der Waals surface area (Å²) in [4.78, 5) is 24.0. The molecule has 0 aliphatic heterocycles. The van der Waals surface area contributed by atoms with Crippen LogP contribution in [0.1, 0.15) is 6.42 Å². The molecule has 0 aliphatic carbocycles. The fourth-order valence-corrected chi connectivity index (χ4v) is 1.32. The first kappa shape index (κ1) is 10.8. The first-order valence-electron chi connectivity index (χ1n) is 3.22. The number of hydrogen-bond donors (Lipinski definition) is 1. The number of amides is 1. The number of aromatic nitrogens is 2. The average molecular weight is 240 g/mol. The summed E-state index contributed by atoms with van der Waals surface area (Å²) in [6.45, 7) is 0. The van der Waals surface area contributed by atoms with Gasteiger partial charge in [-0.1, -0.05) is 11.3 Å². The molecule has 0 fully saturated rings. The van der Waals surface area contributed by atoms with E-state index in [9.17, 15) is 14.1 Å². The Labute approximate surface area is 85.9 Å². The van der Waals surface area contributed by atoms with Gasteiger partial charge in [-0.25, -0.2) is 4.79 Å². The van der Waals surface area contributed by atoms with Crippen LogP contribution in [0.3, 0.4) is 0 Å². The maximum atomic E-state index is 11.2. The summed E-state index contributed by atoms with van der Waals surface area (Å²) in [5, 5.41) is 9.16. The molecule has 0 saturated heterocycles. The van der Waals surface area contributed by atoms with Gasteiger partial charge in [0, 0.05) is 4.53 Å². The quantitative estimate of drug-likeness (QED) is 0.794. The van der Waals surface area contributed by atoms with Gasteiger partial charge in [-0.3, -0.25) is 15.1 Å². The molecule has 0 spiro atoms. The summed E-state index contributed by atoms with van der Waals surface area (Å²) in [6.07, 6.45) is -0.728. The first-order valence-corrected chi connectivity index (χ1v) is 4.41. The van der Waals surface area contributed by atoms with Crippen LogP contribution >= 0.6 is 22.9 Å². The fourth-order valence-electron chi connectivity index (χ4n) is 0.578. The van der Waals surface area contributed by atoms with Crippen molar-refractivity contribution in [3.8, 4) is 0 Å². The maximum absolute atomic E-state index is 11.2. The minimum absolute atomic E-state index is 0.131. The molecular weight excluding hydrogens is 237 g/mol. The Kier molecular flexibility index (Phi) is 3.72. The second kappa shape index (κ2) is 4.82. The molecule has 1 amide bonds. The lowest BCUT2D eigenvalue weighted by Gasteiger charge is -1.96. The van der Waals surface area contributed by atoms with Crippen molar-refractivity contribution in [2.24, 2.45) is 0 Å². The van der Waals surface area contributed by atoms with E-state index >= 15 is 0 Å². The predicted molar refractivity (Wildman–Crippen MR) is 45.4 cm³/mol. The van der Waals surface area contributed by atoms with Gasteiger partial charge in [0.25, 0.3) is 0 Å². The van der Waals surface area contributed by atoms with Gasteiger partial charge in [0.1, 0.15) is 6.42 Å². The fraction of sp³-hybridized carbons (Fsp3) is 0.200. The standard InChI is InChI=1S/C5H3ClFN3O3S/c6-4-9-10-5(14-4)8-2(11)1-3(12)13-7/h1H2,(H,8,10,11). The van der Waals surface area contributed by atoms with E-state index in [2.05, 4.69) is 20.5 Å². The molecule has 0 radical (unpaired) electrons. The van der Waals surface area contributed by atoms with Crippen molar-refractivity contribution in [3.63, 3.8) is 0 Å². The van der Waals surface area contributed by atoms with E-state index in [1.165, 1.54) is 0 Å². The van der Waals surface area contributed by atoms with E-state index in [0.717, 1.165) is 11.3 Å². The van der Waals surface area contributed by atoms with Crippen LogP contribution in [0.4, 0.5) is 9.66 Å². The molecule has 76 valence electrons. The first-order chi connectivity index (χ1) is 6.61. The Balaban J connectivity index is 2.45. The minimum atomic E-state index is -1.28. The molecule has 14 heavy (non-hydrogen) atoms. The Morgan fingerprint density at radius 2 is 2.29 bits per heavy atom. The molecule has 1 N–H and O–H groups in total. The molecule has 0 aromatic carbocycles. The Bertz CT molecular complexity index is 358. The lowest BCUT2D eigenvalue weighted by molar-refractivity contribution is -0.183. The highest BCUT2D eigenvalue weighted by Gasteiger charge is 2.13. The largest absolute Gasteiger partial charge is 0.358 e. The smallest absolute Gasteiger partial charge is 0.300 e. The van der Waals surface area contributed by atoms with Gasteiger partial charge in [0.2, 0.25) is 15.5 Å². The molecule has 0 unspecified atom stereocenters. The number of hydrogen-bond acceptors (Lipinski definition) is 6. The molecule has 0 atom stereocenters. The normalized spacial score (nSPS) is 9.57. The van der Waals surface area contributed by atoms with Gasteiger partial charge in [-0.15, -0.1) is 10.2 Å². The van der Waals surface area contributed by atoms with Crippen molar-refractivity contribution in [2.45, 2.75) is 6.42 Å². The molecule has 0 bridgehead atoms. The zero-order valence-corrected chi connectivity index (χ0v) is 8.06. The van der Waals surface area contributed by atoms with Crippen molar-refractivity contribution in [2.75, 3.05) is 5.32 Å². The lowest BCUT2D eigenvalue weighted by Crippen LogP contribution is -2.16. The van der Waals surface area contributed by atoms with Crippen molar-refractivity contribution in [1.82, 2.24) is 10.2 Å². The molecule has 1 aromatic rings. The Hall–Kier alpha value is -1.28. The topological polar surface area (TPSA) is 81.2 Å².